The third-order valence-corrected chi connectivity index (χ3v) is 2.98. The minimum atomic E-state index is -0.507. The number of aliphatic hydroxyl groups excluding tert-OH is 1. The molecule has 1 aromatic rings. The van der Waals surface area contributed by atoms with Crippen molar-refractivity contribution in [3.63, 3.8) is 0 Å². The van der Waals surface area contributed by atoms with Gasteiger partial charge in [-0.2, -0.15) is 0 Å². The smallest absolute Gasteiger partial charge is 0.261 e. The molecule has 0 saturated carbocycles. The summed E-state index contributed by atoms with van der Waals surface area (Å²) in [6.07, 6.45) is -0.507. The maximum Gasteiger partial charge on any atom is 0.261 e. The molecule has 1 amide bonds. The predicted octanol–water partition coefficient (Wildman–Crippen LogP) is 1.62. The third-order valence-electron chi connectivity index (χ3n) is 1.36. The first-order chi connectivity index (χ1) is 6.09. The third kappa shape index (κ3) is 3.46. The van der Waals surface area contributed by atoms with Crippen molar-refractivity contribution in [3.05, 3.63) is 20.8 Å². The molecule has 0 radical (unpaired) electrons. The molecule has 0 spiro atoms. The number of nitrogens with one attached hydrogen (secondary N) is 1. The number of rotatable bonds is 3. The molecular formula is C8H10BrNO2S. The number of hydrogen-bond donors (Lipinski definition) is 2. The van der Waals surface area contributed by atoms with E-state index in [4.69, 9.17) is 5.11 Å². The lowest BCUT2D eigenvalue weighted by Gasteiger charge is -2.04. The number of carbonyl (C=O) groups excluding carboxylic acids is 1. The van der Waals surface area contributed by atoms with Crippen LogP contribution in [0, 0.1) is 0 Å². The molecule has 0 aliphatic rings. The van der Waals surface area contributed by atoms with Crippen LogP contribution in [0.25, 0.3) is 0 Å². The molecule has 0 saturated heterocycles. The molecular weight excluding hydrogens is 254 g/mol. The molecule has 3 nitrogen and oxygen atoms in total. The lowest BCUT2D eigenvalue weighted by atomic mass is 10.4. The molecule has 0 aliphatic heterocycles. The highest BCUT2D eigenvalue weighted by Gasteiger charge is 2.08. The molecule has 2 N–H and O–H groups in total. The second-order valence-corrected chi connectivity index (χ2v) is 5.13. The van der Waals surface area contributed by atoms with Crippen molar-refractivity contribution in [1.82, 2.24) is 5.32 Å². The van der Waals surface area contributed by atoms with Gasteiger partial charge in [-0.1, -0.05) is 0 Å². The Balaban J connectivity index is 2.49. The lowest BCUT2D eigenvalue weighted by Crippen LogP contribution is -2.29. The SMILES string of the molecule is C[C@H](O)CNC(=O)c1ccc(Br)s1. The van der Waals surface area contributed by atoms with Crippen LogP contribution in [0.2, 0.25) is 0 Å². The van der Waals surface area contributed by atoms with Crippen LogP contribution >= 0.6 is 27.3 Å². The van der Waals surface area contributed by atoms with Crippen LogP contribution in [0.5, 0.6) is 0 Å². The molecule has 0 aliphatic carbocycles. The van der Waals surface area contributed by atoms with E-state index in [-0.39, 0.29) is 12.5 Å². The van der Waals surface area contributed by atoms with Gasteiger partial charge in [-0.15, -0.1) is 11.3 Å². The summed E-state index contributed by atoms with van der Waals surface area (Å²) in [6.45, 7) is 1.92. The summed E-state index contributed by atoms with van der Waals surface area (Å²) in [5.41, 5.74) is 0. The molecule has 5 heteroatoms. The number of amides is 1. The monoisotopic (exact) mass is 263 g/mol. The van der Waals surface area contributed by atoms with Gasteiger partial charge >= 0.3 is 0 Å². The van der Waals surface area contributed by atoms with E-state index in [1.165, 1.54) is 11.3 Å². The van der Waals surface area contributed by atoms with Gasteiger partial charge in [-0.05, 0) is 35.0 Å². The van der Waals surface area contributed by atoms with E-state index in [9.17, 15) is 4.79 Å². The molecule has 1 atom stereocenters. The highest BCUT2D eigenvalue weighted by molar-refractivity contribution is 9.11. The fourth-order valence-electron chi connectivity index (χ4n) is 0.764. The molecule has 1 heterocycles. The number of hydrogen-bond acceptors (Lipinski definition) is 3. The van der Waals surface area contributed by atoms with Gasteiger partial charge in [0.1, 0.15) is 0 Å². The average molecular weight is 264 g/mol. The Morgan fingerprint density at radius 1 is 1.77 bits per heavy atom. The zero-order chi connectivity index (χ0) is 9.84. The normalized spacial score (nSPS) is 12.5. The van der Waals surface area contributed by atoms with E-state index in [0.29, 0.717) is 4.88 Å². The number of halogens is 1. The quantitative estimate of drug-likeness (QED) is 0.871. The van der Waals surface area contributed by atoms with Crippen molar-refractivity contribution in [1.29, 1.82) is 0 Å². The van der Waals surface area contributed by atoms with Crippen LogP contribution in [-0.2, 0) is 0 Å². The summed E-state index contributed by atoms with van der Waals surface area (Å²) in [5.74, 6) is -0.142. The minimum absolute atomic E-state index is 0.142. The Hall–Kier alpha value is -0.390. The van der Waals surface area contributed by atoms with Crippen LogP contribution in [0.3, 0.4) is 0 Å². The van der Waals surface area contributed by atoms with Gasteiger partial charge in [0, 0.05) is 6.54 Å². The van der Waals surface area contributed by atoms with Gasteiger partial charge in [-0.25, -0.2) is 0 Å². The summed E-state index contributed by atoms with van der Waals surface area (Å²) >= 11 is 4.64. The summed E-state index contributed by atoms with van der Waals surface area (Å²) in [6, 6.07) is 3.56. The first-order valence-electron chi connectivity index (χ1n) is 3.81. The molecule has 1 rings (SSSR count). The second-order valence-electron chi connectivity index (χ2n) is 2.66. The second kappa shape index (κ2) is 4.74. The van der Waals surface area contributed by atoms with E-state index in [1.807, 2.05) is 6.07 Å². The molecule has 1 aromatic heterocycles. The van der Waals surface area contributed by atoms with E-state index in [1.54, 1.807) is 13.0 Å². The van der Waals surface area contributed by atoms with Gasteiger partial charge < -0.3 is 10.4 Å². The summed E-state index contributed by atoms with van der Waals surface area (Å²) < 4.78 is 0.926. The topological polar surface area (TPSA) is 49.3 Å². The van der Waals surface area contributed by atoms with Gasteiger partial charge in [0.15, 0.2) is 0 Å². The van der Waals surface area contributed by atoms with Crippen molar-refractivity contribution < 1.29 is 9.90 Å². The highest BCUT2D eigenvalue weighted by atomic mass is 79.9. The van der Waals surface area contributed by atoms with Crippen LogP contribution in [0.15, 0.2) is 15.9 Å². The van der Waals surface area contributed by atoms with Crippen LogP contribution < -0.4 is 5.32 Å². The predicted molar refractivity (Wildman–Crippen MR) is 56.0 cm³/mol. The Kier molecular flexibility index (Phi) is 3.90. The molecule has 72 valence electrons. The van der Waals surface area contributed by atoms with Crippen molar-refractivity contribution in [2.45, 2.75) is 13.0 Å². The van der Waals surface area contributed by atoms with E-state index in [0.717, 1.165) is 3.79 Å². The lowest BCUT2D eigenvalue weighted by molar-refractivity contribution is 0.0928. The number of aliphatic hydroxyl groups is 1. The Morgan fingerprint density at radius 3 is 2.92 bits per heavy atom. The minimum Gasteiger partial charge on any atom is -0.392 e. The zero-order valence-electron chi connectivity index (χ0n) is 7.08. The standard InChI is InChI=1S/C8H10BrNO2S/c1-5(11)4-10-8(12)6-2-3-7(9)13-6/h2-3,5,11H,4H2,1H3,(H,10,12)/t5-/m0/s1. The molecule has 13 heavy (non-hydrogen) atoms. The molecule has 0 aromatic carbocycles. The van der Waals surface area contributed by atoms with Crippen molar-refractivity contribution >= 4 is 33.2 Å². The average Bonchev–Trinajstić information content (AvgIpc) is 2.47. The molecule has 0 bridgehead atoms. The highest BCUT2D eigenvalue weighted by Crippen LogP contribution is 2.21. The van der Waals surface area contributed by atoms with Gasteiger partial charge in [-0.3, -0.25) is 4.79 Å². The number of carbonyl (C=O) groups is 1. The summed E-state index contributed by atoms with van der Waals surface area (Å²) in [5, 5.41) is 11.5. The number of thiophene rings is 1. The van der Waals surface area contributed by atoms with Crippen molar-refractivity contribution in [2.75, 3.05) is 6.54 Å². The fourth-order valence-corrected chi connectivity index (χ4v) is 2.07. The van der Waals surface area contributed by atoms with E-state index >= 15 is 0 Å². The first kappa shape index (κ1) is 10.7. The summed E-state index contributed by atoms with van der Waals surface area (Å²) in [4.78, 5) is 12.0. The Labute approximate surface area is 88.9 Å². The van der Waals surface area contributed by atoms with Crippen LogP contribution in [0.4, 0.5) is 0 Å². The Morgan fingerprint density at radius 2 is 2.46 bits per heavy atom. The van der Waals surface area contributed by atoms with Crippen LogP contribution in [0.1, 0.15) is 16.6 Å². The molecule has 0 unspecified atom stereocenters. The van der Waals surface area contributed by atoms with Gasteiger partial charge in [0.25, 0.3) is 5.91 Å². The largest absolute Gasteiger partial charge is 0.392 e. The van der Waals surface area contributed by atoms with Crippen molar-refractivity contribution in [3.8, 4) is 0 Å². The Bertz CT molecular complexity index is 298. The zero-order valence-corrected chi connectivity index (χ0v) is 9.48. The van der Waals surface area contributed by atoms with Crippen molar-refractivity contribution in [2.24, 2.45) is 0 Å². The maximum atomic E-state index is 11.3. The maximum absolute atomic E-state index is 11.3. The van der Waals surface area contributed by atoms with Crippen LogP contribution in [-0.4, -0.2) is 23.7 Å². The summed E-state index contributed by atoms with van der Waals surface area (Å²) in [7, 11) is 0. The fraction of sp³-hybridized carbons (Fsp3) is 0.375. The van der Waals surface area contributed by atoms with E-state index < -0.39 is 6.10 Å². The van der Waals surface area contributed by atoms with E-state index in [2.05, 4.69) is 21.2 Å². The first-order valence-corrected chi connectivity index (χ1v) is 5.42. The van der Waals surface area contributed by atoms with Gasteiger partial charge in [0.05, 0.1) is 14.8 Å². The molecule has 0 fully saturated rings. The van der Waals surface area contributed by atoms with Gasteiger partial charge in [0.2, 0.25) is 0 Å².